The summed E-state index contributed by atoms with van der Waals surface area (Å²) in [7, 11) is 0. The SMILES string of the molecule is CCCCCC(C=CCC1CC=CCC1)=CC(N=C(N)NC=CC(C(=O)NC(N)=O)C(O)CCCC1CCCC1)C(=O)O. The van der Waals surface area contributed by atoms with Crippen molar-refractivity contribution in [1.82, 2.24) is 10.6 Å². The van der Waals surface area contributed by atoms with Crippen molar-refractivity contribution in [3.63, 3.8) is 0 Å². The fourth-order valence-electron chi connectivity index (χ4n) is 5.76. The van der Waals surface area contributed by atoms with E-state index in [1.165, 1.54) is 38.0 Å². The number of allylic oxidation sites excluding steroid dienone is 5. The van der Waals surface area contributed by atoms with Crippen molar-refractivity contribution in [2.24, 2.45) is 34.2 Å². The minimum Gasteiger partial charge on any atom is -0.479 e. The van der Waals surface area contributed by atoms with Crippen LogP contribution in [0.1, 0.15) is 103 Å². The molecule has 43 heavy (non-hydrogen) atoms. The second kappa shape index (κ2) is 20.5. The molecule has 2 aliphatic rings. The van der Waals surface area contributed by atoms with Gasteiger partial charge in [0.15, 0.2) is 12.0 Å². The molecule has 10 nitrogen and oxygen atoms in total. The molecule has 0 aromatic heterocycles. The summed E-state index contributed by atoms with van der Waals surface area (Å²) < 4.78 is 0. The average molecular weight is 600 g/mol. The van der Waals surface area contributed by atoms with E-state index >= 15 is 0 Å². The maximum absolute atomic E-state index is 12.6. The first kappa shape index (κ1) is 35.8. The molecule has 8 N–H and O–H groups in total. The molecule has 0 aliphatic heterocycles. The highest BCUT2D eigenvalue weighted by molar-refractivity contribution is 5.95. The summed E-state index contributed by atoms with van der Waals surface area (Å²) in [6, 6.07) is -2.21. The molecule has 0 aromatic carbocycles. The number of imide groups is 1. The van der Waals surface area contributed by atoms with Crippen molar-refractivity contribution in [2.45, 2.75) is 115 Å². The number of primary amides is 1. The number of hydrogen-bond donors (Lipinski definition) is 6. The molecule has 0 bridgehead atoms. The van der Waals surface area contributed by atoms with E-state index in [4.69, 9.17) is 11.5 Å². The first-order valence-electron chi connectivity index (χ1n) is 16.0. The third-order valence-electron chi connectivity index (χ3n) is 8.24. The van der Waals surface area contributed by atoms with Crippen LogP contribution in [0, 0.1) is 17.8 Å². The highest BCUT2D eigenvalue weighted by Gasteiger charge is 2.26. The molecule has 0 saturated heterocycles. The molecule has 2 aliphatic carbocycles. The van der Waals surface area contributed by atoms with Gasteiger partial charge < -0.3 is 27.0 Å². The van der Waals surface area contributed by atoms with Crippen LogP contribution >= 0.6 is 0 Å². The Bertz CT molecular complexity index is 1030. The van der Waals surface area contributed by atoms with Crippen LogP contribution < -0.4 is 22.1 Å². The molecular weight excluding hydrogens is 546 g/mol. The van der Waals surface area contributed by atoms with Crippen LogP contribution in [0.25, 0.3) is 0 Å². The smallest absolute Gasteiger partial charge is 0.332 e. The number of aliphatic hydroxyl groups excluding tert-OH is 1. The maximum atomic E-state index is 12.6. The second-order valence-electron chi connectivity index (χ2n) is 11.8. The molecule has 3 amide bonds. The predicted octanol–water partition coefficient (Wildman–Crippen LogP) is 5.20. The molecule has 0 heterocycles. The van der Waals surface area contributed by atoms with Gasteiger partial charge in [-0.25, -0.2) is 14.6 Å². The minimum atomic E-state index is -1.20. The first-order valence-corrected chi connectivity index (χ1v) is 16.0. The highest BCUT2D eigenvalue weighted by atomic mass is 16.4. The van der Waals surface area contributed by atoms with Gasteiger partial charge >= 0.3 is 12.0 Å². The van der Waals surface area contributed by atoms with Crippen LogP contribution in [0.5, 0.6) is 0 Å². The van der Waals surface area contributed by atoms with Crippen molar-refractivity contribution in [1.29, 1.82) is 0 Å². The number of carbonyl (C=O) groups excluding carboxylic acids is 2. The Hall–Kier alpha value is -3.40. The highest BCUT2D eigenvalue weighted by Crippen LogP contribution is 2.29. The number of amides is 3. The lowest BCUT2D eigenvalue weighted by atomic mass is 9.91. The van der Waals surface area contributed by atoms with E-state index in [2.05, 4.69) is 35.5 Å². The Morgan fingerprint density at radius 1 is 1.07 bits per heavy atom. The molecule has 0 radical (unpaired) electrons. The van der Waals surface area contributed by atoms with Gasteiger partial charge in [0.2, 0.25) is 5.91 Å². The summed E-state index contributed by atoms with van der Waals surface area (Å²) in [4.78, 5) is 40.0. The van der Waals surface area contributed by atoms with E-state index in [9.17, 15) is 24.6 Å². The van der Waals surface area contributed by atoms with E-state index < -0.39 is 36.0 Å². The Kier molecular flexibility index (Phi) is 17.1. The predicted molar refractivity (Wildman–Crippen MR) is 171 cm³/mol. The van der Waals surface area contributed by atoms with Crippen LogP contribution in [0.4, 0.5) is 4.79 Å². The summed E-state index contributed by atoms with van der Waals surface area (Å²) in [6.07, 6.45) is 27.0. The van der Waals surface area contributed by atoms with Gasteiger partial charge in [0.25, 0.3) is 0 Å². The fraction of sp³-hybridized carbons (Fsp3) is 0.636. The molecular formula is C33H53N5O5. The van der Waals surface area contributed by atoms with Crippen LogP contribution in [-0.2, 0) is 9.59 Å². The summed E-state index contributed by atoms with van der Waals surface area (Å²) >= 11 is 0. The number of carboxylic acids is 1. The van der Waals surface area contributed by atoms with E-state index in [-0.39, 0.29) is 5.96 Å². The zero-order valence-corrected chi connectivity index (χ0v) is 25.8. The lowest BCUT2D eigenvalue weighted by Crippen LogP contribution is -2.42. The number of guanidine groups is 1. The number of carboxylic acid groups (broad SMARTS) is 1. The molecule has 4 unspecified atom stereocenters. The van der Waals surface area contributed by atoms with Gasteiger partial charge in [0.05, 0.1) is 12.0 Å². The normalized spacial score (nSPS) is 20.4. The lowest BCUT2D eigenvalue weighted by molar-refractivity contribution is -0.137. The number of aliphatic carboxylic acids is 1. The summed E-state index contributed by atoms with van der Waals surface area (Å²) in [6.45, 7) is 2.12. The van der Waals surface area contributed by atoms with Crippen molar-refractivity contribution < 1.29 is 24.6 Å². The monoisotopic (exact) mass is 599 g/mol. The third kappa shape index (κ3) is 15.1. The Balaban J connectivity index is 2.07. The molecule has 10 heteroatoms. The van der Waals surface area contributed by atoms with Gasteiger partial charge in [-0.1, -0.05) is 88.7 Å². The van der Waals surface area contributed by atoms with E-state index in [1.54, 1.807) is 6.08 Å². The molecule has 240 valence electrons. The van der Waals surface area contributed by atoms with Gasteiger partial charge in [-0.2, -0.15) is 0 Å². The third-order valence-corrected chi connectivity index (χ3v) is 8.24. The number of aliphatic imine (C=N–C) groups is 1. The quantitative estimate of drug-likeness (QED) is 0.0412. The van der Waals surface area contributed by atoms with Gasteiger partial charge in [0.1, 0.15) is 0 Å². The maximum Gasteiger partial charge on any atom is 0.332 e. The first-order chi connectivity index (χ1) is 20.7. The van der Waals surface area contributed by atoms with Crippen molar-refractivity contribution in [3.8, 4) is 0 Å². The van der Waals surface area contributed by atoms with Crippen LogP contribution in [-0.4, -0.2) is 46.2 Å². The molecule has 0 spiro atoms. The molecule has 2 rings (SSSR count). The average Bonchev–Trinajstić information content (AvgIpc) is 3.48. The number of hydrogen-bond acceptors (Lipinski definition) is 5. The Labute approximate surface area is 256 Å². The largest absolute Gasteiger partial charge is 0.479 e. The number of nitrogens with one attached hydrogen (secondary N) is 2. The number of carbonyl (C=O) groups is 3. The zero-order valence-electron chi connectivity index (χ0n) is 25.8. The number of nitrogens with two attached hydrogens (primary N) is 2. The summed E-state index contributed by atoms with van der Waals surface area (Å²) in [5, 5.41) is 25.3. The number of unbranched alkanes of at least 4 members (excludes halogenated alkanes) is 2. The van der Waals surface area contributed by atoms with Crippen molar-refractivity contribution in [2.75, 3.05) is 0 Å². The lowest BCUT2D eigenvalue weighted by Gasteiger charge is -2.19. The van der Waals surface area contributed by atoms with E-state index in [0.29, 0.717) is 18.3 Å². The van der Waals surface area contributed by atoms with Crippen molar-refractivity contribution >= 4 is 23.9 Å². The van der Waals surface area contributed by atoms with Gasteiger partial charge in [-0.3, -0.25) is 10.1 Å². The molecule has 0 aromatic rings. The topological polar surface area (TPSA) is 180 Å². The second-order valence-corrected chi connectivity index (χ2v) is 11.8. The summed E-state index contributed by atoms with van der Waals surface area (Å²) in [5.41, 5.74) is 12.0. The van der Waals surface area contributed by atoms with Crippen LogP contribution in [0.2, 0.25) is 0 Å². The number of urea groups is 1. The fourth-order valence-corrected chi connectivity index (χ4v) is 5.76. The Morgan fingerprint density at radius 3 is 2.49 bits per heavy atom. The van der Waals surface area contributed by atoms with E-state index in [0.717, 1.165) is 69.8 Å². The van der Waals surface area contributed by atoms with Gasteiger partial charge in [-0.05, 0) is 68.4 Å². The summed E-state index contributed by atoms with van der Waals surface area (Å²) in [5.74, 6) is -1.81. The minimum absolute atomic E-state index is 0.157. The zero-order chi connectivity index (χ0) is 31.5. The standard InChI is InChI=1S/C33H53N5O5/c1-2-3-5-16-26(19-10-17-24-12-6-4-7-13-24)23-28(31(41)42)37-32(34)36-22-21-27(30(40)38-33(35)43)29(39)20-11-18-25-14-8-9-15-25/h4,6,10,19,21-25,27-29,39H,2-3,5,7-9,11-18,20H2,1H3,(H,41,42)(H3,34,36,37)(H3,35,38,40,43). The number of rotatable bonds is 18. The van der Waals surface area contributed by atoms with Crippen LogP contribution in [0.3, 0.4) is 0 Å². The molecule has 1 saturated carbocycles. The van der Waals surface area contributed by atoms with Gasteiger partial charge in [-0.15, -0.1) is 0 Å². The number of aliphatic hydroxyl groups is 1. The van der Waals surface area contributed by atoms with Crippen LogP contribution in [0.15, 0.2) is 53.2 Å². The van der Waals surface area contributed by atoms with Crippen molar-refractivity contribution in [3.05, 3.63) is 48.2 Å². The Morgan fingerprint density at radius 2 is 1.84 bits per heavy atom. The van der Waals surface area contributed by atoms with E-state index in [1.807, 2.05) is 11.4 Å². The molecule has 4 atom stereocenters. The van der Waals surface area contributed by atoms with Gasteiger partial charge in [0, 0.05) is 6.20 Å². The molecule has 1 fully saturated rings. The number of nitrogens with zero attached hydrogens (tertiary/aromatic N) is 1.